The molecule has 0 saturated heterocycles. The van der Waals surface area contributed by atoms with Crippen LogP contribution in [0.3, 0.4) is 0 Å². The zero-order valence-electron chi connectivity index (χ0n) is 10.8. The van der Waals surface area contributed by atoms with Crippen molar-refractivity contribution in [3.8, 4) is 0 Å². The summed E-state index contributed by atoms with van der Waals surface area (Å²) in [6.45, 7) is 1.60. The normalized spacial score (nSPS) is 11.3. The molecule has 2 rings (SSSR count). The second-order valence-corrected chi connectivity index (χ2v) is 6.87. The van der Waals surface area contributed by atoms with Crippen LogP contribution in [0.5, 0.6) is 0 Å². The molecule has 20 heavy (non-hydrogen) atoms. The Kier molecular flexibility index (Phi) is 4.47. The average molecular weight is 356 g/mol. The first-order chi connectivity index (χ1) is 9.44. The van der Waals surface area contributed by atoms with Crippen molar-refractivity contribution in [2.24, 2.45) is 0 Å². The van der Waals surface area contributed by atoms with Gasteiger partial charge >= 0.3 is 0 Å². The second kappa shape index (κ2) is 5.95. The fraction of sp³-hybridized carbons (Fsp3) is 0.143. The van der Waals surface area contributed by atoms with E-state index in [1.165, 1.54) is 6.07 Å². The smallest absolute Gasteiger partial charge is 0.261 e. The second-order valence-electron chi connectivity index (χ2n) is 4.33. The molecule has 0 atom stereocenters. The van der Waals surface area contributed by atoms with Crippen molar-refractivity contribution in [3.63, 3.8) is 0 Å². The number of nitrogens with one attached hydrogen (secondary N) is 1. The van der Waals surface area contributed by atoms with Gasteiger partial charge in [0.2, 0.25) is 0 Å². The number of benzene rings is 2. The predicted octanol–water partition coefficient (Wildman–Crippen LogP) is 3.05. The summed E-state index contributed by atoms with van der Waals surface area (Å²) < 4.78 is 28.0. The van der Waals surface area contributed by atoms with Gasteiger partial charge in [-0.25, -0.2) is 8.42 Å². The lowest BCUT2D eigenvalue weighted by molar-refractivity contribution is 0.282. The quantitative estimate of drug-likeness (QED) is 0.885. The molecule has 0 saturated carbocycles. The lowest BCUT2D eigenvalue weighted by Gasteiger charge is -2.12. The van der Waals surface area contributed by atoms with Gasteiger partial charge < -0.3 is 5.11 Å². The van der Waals surface area contributed by atoms with E-state index in [9.17, 15) is 13.5 Å². The summed E-state index contributed by atoms with van der Waals surface area (Å²) in [5.74, 6) is 0. The number of rotatable bonds is 4. The Bertz CT molecular complexity index is 729. The van der Waals surface area contributed by atoms with Crippen LogP contribution in [0.2, 0.25) is 0 Å². The molecule has 4 nitrogen and oxygen atoms in total. The molecular weight excluding hydrogens is 342 g/mol. The minimum Gasteiger partial charge on any atom is -0.392 e. The van der Waals surface area contributed by atoms with Gasteiger partial charge in [-0.15, -0.1) is 0 Å². The summed E-state index contributed by atoms with van der Waals surface area (Å²) in [6, 6.07) is 11.6. The van der Waals surface area contributed by atoms with E-state index >= 15 is 0 Å². The number of sulfonamides is 1. The minimum atomic E-state index is -3.67. The third kappa shape index (κ3) is 3.20. The van der Waals surface area contributed by atoms with Crippen molar-refractivity contribution < 1.29 is 13.5 Å². The summed E-state index contributed by atoms with van der Waals surface area (Å²) in [6.07, 6.45) is 0. The molecule has 0 amide bonds. The van der Waals surface area contributed by atoms with Crippen molar-refractivity contribution in [2.75, 3.05) is 4.72 Å². The number of aliphatic hydroxyl groups is 1. The van der Waals surface area contributed by atoms with Crippen LogP contribution in [0.25, 0.3) is 0 Å². The van der Waals surface area contributed by atoms with E-state index in [1.54, 1.807) is 36.4 Å². The Morgan fingerprint density at radius 2 is 1.90 bits per heavy atom. The maximum Gasteiger partial charge on any atom is 0.261 e. The van der Waals surface area contributed by atoms with E-state index in [-0.39, 0.29) is 11.5 Å². The first-order valence-electron chi connectivity index (χ1n) is 5.92. The highest BCUT2D eigenvalue weighted by Crippen LogP contribution is 2.23. The van der Waals surface area contributed by atoms with Crippen molar-refractivity contribution in [1.82, 2.24) is 0 Å². The molecule has 0 fully saturated rings. The molecule has 2 aromatic rings. The highest BCUT2D eigenvalue weighted by Gasteiger charge is 2.16. The van der Waals surface area contributed by atoms with E-state index in [0.29, 0.717) is 11.3 Å². The third-order valence-electron chi connectivity index (χ3n) is 2.87. The van der Waals surface area contributed by atoms with Gasteiger partial charge in [0.05, 0.1) is 17.2 Å². The van der Waals surface area contributed by atoms with E-state index in [1.807, 2.05) is 6.92 Å². The SMILES string of the molecule is Cc1cc(S(=O)(=O)Nc2ccccc2CO)ccc1Br. The zero-order valence-corrected chi connectivity index (χ0v) is 13.2. The van der Waals surface area contributed by atoms with E-state index in [2.05, 4.69) is 20.7 Å². The molecule has 0 aromatic heterocycles. The van der Waals surface area contributed by atoms with Crippen molar-refractivity contribution in [3.05, 3.63) is 58.1 Å². The van der Waals surface area contributed by atoms with Gasteiger partial charge in [0.15, 0.2) is 0 Å². The van der Waals surface area contributed by atoms with Crippen molar-refractivity contribution in [2.45, 2.75) is 18.4 Å². The average Bonchev–Trinajstić information content (AvgIpc) is 2.42. The van der Waals surface area contributed by atoms with Crippen LogP contribution in [-0.2, 0) is 16.6 Å². The molecule has 2 N–H and O–H groups in total. The monoisotopic (exact) mass is 355 g/mol. The van der Waals surface area contributed by atoms with Crippen LogP contribution < -0.4 is 4.72 Å². The number of anilines is 1. The van der Waals surface area contributed by atoms with Gasteiger partial charge in [-0.3, -0.25) is 4.72 Å². The Labute approximate surface area is 126 Å². The Morgan fingerprint density at radius 1 is 1.20 bits per heavy atom. The lowest BCUT2D eigenvalue weighted by atomic mass is 10.2. The lowest BCUT2D eigenvalue weighted by Crippen LogP contribution is -2.14. The third-order valence-corrected chi connectivity index (χ3v) is 5.12. The molecule has 0 heterocycles. The molecule has 106 valence electrons. The van der Waals surface area contributed by atoms with Crippen LogP contribution in [0.1, 0.15) is 11.1 Å². The minimum absolute atomic E-state index is 0.186. The largest absolute Gasteiger partial charge is 0.392 e. The number of aryl methyl sites for hydroxylation is 1. The van der Waals surface area contributed by atoms with E-state index in [0.717, 1.165) is 10.0 Å². The highest BCUT2D eigenvalue weighted by molar-refractivity contribution is 9.10. The predicted molar refractivity (Wildman–Crippen MR) is 82.1 cm³/mol. The van der Waals surface area contributed by atoms with E-state index in [4.69, 9.17) is 0 Å². The molecule has 0 spiro atoms. The van der Waals surface area contributed by atoms with Crippen LogP contribution in [0.15, 0.2) is 51.8 Å². The molecule has 0 aliphatic heterocycles. The maximum absolute atomic E-state index is 12.3. The van der Waals surface area contributed by atoms with Gasteiger partial charge in [-0.05, 0) is 36.8 Å². The first-order valence-corrected chi connectivity index (χ1v) is 8.19. The number of aliphatic hydroxyl groups excluding tert-OH is 1. The summed E-state index contributed by atoms with van der Waals surface area (Å²) in [7, 11) is -3.67. The topological polar surface area (TPSA) is 66.4 Å². The molecular formula is C14H14BrNO3S. The molecule has 0 unspecified atom stereocenters. The van der Waals surface area contributed by atoms with Gasteiger partial charge in [0.25, 0.3) is 10.0 Å². The Morgan fingerprint density at radius 3 is 2.55 bits per heavy atom. The summed E-state index contributed by atoms with van der Waals surface area (Å²) >= 11 is 3.34. The van der Waals surface area contributed by atoms with Crippen LogP contribution in [0, 0.1) is 6.92 Å². The summed E-state index contributed by atoms with van der Waals surface area (Å²) in [5, 5.41) is 9.23. The molecule has 0 radical (unpaired) electrons. The van der Waals surface area contributed by atoms with E-state index < -0.39 is 10.0 Å². The number of halogens is 1. The zero-order chi connectivity index (χ0) is 14.8. The maximum atomic E-state index is 12.3. The van der Waals surface area contributed by atoms with Crippen LogP contribution in [0.4, 0.5) is 5.69 Å². The van der Waals surface area contributed by atoms with Crippen molar-refractivity contribution in [1.29, 1.82) is 0 Å². The number of hydrogen-bond acceptors (Lipinski definition) is 3. The molecule has 2 aromatic carbocycles. The van der Waals surface area contributed by atoms with Gasteiger partial charge in [-0.1, -0.05) is 34.1 Å². The van der Waals surface area contributed by atoms with Crippen LogP contribution >= 0.6 is 15.9 Å². The summed E-state index contributed by atoms with van der Waals surface area (Å²) in [4.78, 5) is 0.186. The fourth-order valence-electron chi connectivity index (χ4n) is 1.75. The molecule has 0 aliphatic carbocycles. The van der Waals surface area contributed by atoms with Gasteiger partial charge in [0.1, 0.15) is 0 Å². The van der Waals surface area contributed by atoms with Gasteiger partial charge in [0, 0.05) is 10.0 Å². The highest BCUT2D eigenvalue weighted by atomic mass is 79.9. The van der Waals surface area contributed by atoms with Gasteiger partial charge in [-0.2, -0.15) is 0 Å². The first kappa shape index (κ1) is 15.0. The number of hydrogen-bond donors (Lipinski definition) is 2. The molecule has 0 aliphatic rings. The Balaban J connectivity index is 2.38. The Hall–Kier alpha value is -1.37. The summed E-state index contributed by atoms with van der Waals surface area (Å²) in [5.41, 5.74) is 1.75. The molecule has 0 bridgehead atoms. The van der Waals surface area contributed by atoms with Crippen LogP contribution in [-0.4, -0.2) is 13.5 Å². The fourth-order valence-corrected chi connectivity index (χ4v) is 3.18. The number of para-hydroxylation sites is 1. The standard InChI is InChI=1S/C14H14BrNO3S/c1-10-8-12(6-7-13(10)15)20(18,19)16-14-5-3-2-4-11(14)9-17/h2-8,16-17H,9H2,1H3. The molecule has 6 heteroatoms. The van der Waals surface area contributed by atoms with Crippen molar-refractivity contribution >= 4 is 31.6 Å².